The van der Waals surface area contributed by atoms with Crippen molar-refractivity contribution in [2.45, 2.75) is 28.9 Å². The van der Waals surface area contributed by atoms with E-state index in [-0.39, 0.29) is 11.3 Å². The lowest BCUT2D eigenvalue weighted by Gasteiger charge is -2.00. The van der Waals surface area contributed by atoms with E-state index in [1.54, 1.807) is 6.07 Å². The Bertz CT molecular complexity index is 687. The Labute approximate surface area is 111 Å². The van der Waals surface area contributed by atoms with E-state index >= 15 is 0 Å². The molecule has 1 aliphatic rings. The number of nitrogens with one attached hydrogen (secondary N) is 1. The molecule has 6 nitrogen and oxygen atoms in total. The van der Waals surface area contributed by atoms with E-state index in [4.69, 9.17) is 9.52 Å². The molecule has 0 aromatic carbocycles. The number of rotatable bonds is 4. The minimum absolute atomic E-state index is 0.130. The Morgan fingerprint density at radius 3 is 2.89 bits per heavy atom. The first-order valence-electron chi connectivity index (χ1n) is 5.74. The second-order valence-corrected chi connectivity index (χ2v) is 5.29. The van der Waals surface area contributed by atoms with Gasteiger partial charge in [-0.15, -0.1) is 0 Å². The number of hydrogen-bond donors (Lipinski definition) is 2. The number of hydrogen-bond acceptors (Lipinski definition) is 5. The number of furan rings is 1. The zero-order chi connectivity index (χ0) is 13.4. The molecule has 2 aromatic heterocycles. The summed E-state index contributed by atoms with van der Waals surface area (Å²) >= 11 is 1.14. The fourth-order valence-electron chi connectivity index (χ4n) is 1.65. The number of aromatic carboxylic acids is 1. The molecule has 0 atom stereocenters. The van der Waals surface area contributed by atoms with Crippen molar-refractivity contribution in [2.75, 3.05) is 0 Å². The summed E-state index contributed by atoms with van der Waals surface area (Å²) in [6.07, 6.45) is 2.09. The van der Waals surface area contributed by atoms with Crippen LogP contribution < -0.4 is 5.56 Å². The fourth-order valence-corrected chi connectivity index (χ4v) is 2.43. The van der Waals surface area contributed by atoms with Crippen molar-refractivity contribution in [3.05, 3.63) is 40.1 Å². The Morgan fingerprint density at radius 1 is 1.47 bits per heavy atom. The lowest BCUT2D eigenvalue weighted by atomic mass is 10.4. The molecule has 2 aromatic rings. The molecule has 0 amide bonds. The zero-order valence-corrected chi connectivity index (χ0v) is 10.6. The molecule has 3 rings (SSSR count). The predicted octanol–water partition coefficient (Wildman–Crippen LogP) is 2.09. The average Bonchev–Trinajstić information content (AvgIpc) is 3.09. The van der Waals surface area contributed by atoms with Crippen LogP contribution in [0.5, 0.6) is 0 Å². The van der Waals surface area contributed by atoms with Crippen LogP contribution in [0.15, 0.2) is 37.5 Å². The van der Waals surface area contributed by atoms with Gasteiger partial charge >= 0.3 is 5.97 Å². The van der Waals surface area contributed by atoms with Crippen LogP contribution in [0.1, 0.15) is 35.1 Å². The minimum Gasteiger partial charge on any atom is -0.475 e. The third-order valence-corrected chi connectivity index (χ3v) is 3.54. The maximum atomic E-state index is 11.5. The van der Waals surface area contributed by atoms with Gasteiger partial charge in [-0.3, -0.25) is 4.79 Å². The SMILES string of the molecule is O=C(O)c1ccc(Sc2cc(=O)[nH]c(C3CC3)n2)o1. The van der Waals surface area contributed by atoms with Gasteiger partial charge in [-0.25, -0.2) is 9.78 Å². The first kappa shape index (κ1) is 12.0. The predicted molar refractivity (Wildman–Crippen MR) is 66.6 cm³/mol. The minimum atomic E-state index is -1.12. The van der Waals surface area contributed by atoms with Crippen molar-refractivity contribution in [2.24, 2.45) is 0 Å². The zero-order valence-electron chi connectivity index (χ0n) is 9.75. The number of carbonyl (C=O) groups is 1. The van der Waals surface area contributed by atoms with E-state index in [1.807, 2.05) is 0 Å². The van der Waals surface area contributed by atoms with Gasteiger partial charge in [0.25, 0.3) is 5.56 Å². The van der Waals surface area contributed by atoms with Gasteiger partial charge in [0.05, 0.1) is 0 Å². The number of aromatic amines is 1. The van der Waals surface area contributed by atoms with Crippen molar-refractivity contribution in [3.8, 4) is 0 Å². The second-order valence-electron chi connectivity index (χ2n) is 4.27. The molecule has 0 aliphatic heterocycles. The molecule has 2 N–H and O–H groups in total. The summed E-state index contributed by atoms with van der Waals surface area (Å²) in [7, 11) is 0. The lowest BCUT2D eigenvalue weighted by molar-refractivity contribution is 0.0656. The third kappa shape index (κ3) is 2.70. The molecule has 0 bridgehead atoms. The Kier molecular flexibility index (Phi) is 2.90. The van der Waals surface area contributed by atoms with Crippen molar-refractivity contribution >= 4 is 17.7 Å². The van der Waals surface area contributed by atoms with Crippen molar-refractivity contribution < 1.29 is 14.3 Å². The number of nitrogens with zero attached hydrogens (tertiary/aromatic N) is 1. The summed E-state index contributed by atoms with van der Waals surface area (Å²) in [5.74, 6) is -0.210. The molecule has 2 heterocycles. The molecule has 1 fully saturated rings. The summed E-state index contributed by atoms with van der Waals surface area (Å²) in [5.41, 5.74) is -0.204. The maximum absolute atomic E-state index is 11.5. The molecule has 98 valence electrons. The van der Waals surface area contributed by atoms with Crippen molar-refractivity contribution in [1.82, 2.24) is 9.97 Å². The molecule has 0 saturated heterocycles. The highest BCUT2D eigenvalue weighted by Gasteiger charge is 2.26. The van der Waals surface area contributed by atoms with E-state index in [0.717, 1.165) is 24.6 Å². The topological polar surface area (TPSA) is 96.2 Å². The molecule has 19 heavy (non-hydrogen) atoms. The van der Waals surface area contributed by atoms with Gasteiger partial charge < -0.3 is 14.5 Å². The van der Waals surface area contributed by atoms with Gasteiger partial charge in [0.1, 0.15) is 10.9 Å². The Morgan fingerprint density at radius 2 is 2.26 bits per heavy atom. The highest BCUT2D eigenvalue weighted by molar-refractivity contribution is 7.99. The van der Waals surface area contributed by atoms with Gasteiger partial charge in [0.15, 0.2) is 5.09 Å². The first-order valence-corrected chi connectivity index (χ1v) is 6.56. The van der Waals surface area contributed by atoms with Gasteiger partial charge in [0, 0.05) is 12.0 Å². The largest absolute Gasteiger partial charge is 0.475 e. The quantitative estimate of drug-likeness (QED) is 0.831. The van der Waals surface area contributed by atoms with E-state index in [1.165, 1.54) is 12.1 Å². The number of carboxylic acids is 1. The maximum Gasteiger partial charge on any atom is 0.371 e. The van der Waals surface area contributed by atoms with E-state index < -0.39 is 5.97 Å². The number of carboxylic acid groups (broad SMARTS) is 1. The molecule has 7 heteroatoms. The first-order chi connectivity index (χ1) is 9.11. The van der Waals surface area contributed by atoms with Crippen LogP contribution in [0.25, 0.3) is 0 Å². The second kappa shape index (κ2) is 4.58. The van der Waals surface area contributed by atoms with Crippen LogP contribution in [0.2, 0.25) is 0 Å². The average molecular weight is 278 g/mol. The van der Waals surface area contributed by atoms with E-state index in [2.05, 4.69) is 9.97 Å². The lowest BCUT2D eigenvalue weighted by Crippen LogP contribution is -2.09. The Hall–Kier alpha value is -2.02. The Balaban J connectivity index is 1.85. The van der Waals surface area contributed by atoms with Crippen molar-refractivity contribution in [1.29, 1.82) is 0 Å². The molecular weight excluding hydrogens is 268 g/mol. The molecule has 1 aliphatic carbocycles. The highest BCUT2D eigenvalue weighted by atomic mass is 32.2. The molecule has 0 radical (unpaired) electrons. The summed E-state index contributed by atoms with van der Waals surface area (Å²) in [6.45, 7) is 0. The summed E-state index contributed by atoms with van der Waals surface area (Å²) in [5, 5.41) is 9.67. The standard InChI is InChI=1S/C12H10N2O4S/c15-8-5-9(14-11(13-8)6-1-2-6)19-10-4-3-7(18-10)12(16)17/h3-6H,1-2H2,(H,16,17)(H,13,14,15). The summed E-state index contributed by atoms with van der Waals surface area (Å²) < 4.78 is 5.12. The van der Waals surface area contributed by atoms with Gasteiger partial charge in [-0.2, -0.15) is 0 Å². The smallest absolute Gasteiger partial charge is 0.371 e. The van der Waals surface area contributed by atoms with Gasteiger partial charge in [-0.1, -0.05) is 0 Å². The van der Waals surface area contributed by atoms with Crippen molar-refractivity contribution in [3.63, 3.8) is 0 Å². The van der Waals surface area contributed by atoms with Crippen LogP contribution in [-0.2, 0) is 0 Å². The van der Waals surface area contributed by atoms with Crippen LogP contribution in [0.4, 0.5) is 0 Å². The number of aromatic nitrogens is 2. The monoisotopic (exact) mass is 278 g/mol. The van der Waals surface area contributed by atoms with Gasteiger partial charge in [-0.05, 0) is 36.7 Å². The van der Waals surface area contributed by atoms with Crippen LogP contribution in [0.3, 0.4) is 0 Å². The molecule has 0 unspecified atom stereocenters. The summed E-state index contributed by atoms with van der Waals surface area (Å²) in [6, 6.07) is 4.30. The molecule has 0 spiro atoms. The number of H-pyrrole nitrogens is 1. The fraction of sp³-hybridized carbons (Fsp3) is 0.250. The van der Waals surface area contributed by atoms with Crippen LogP contribution in [-0.4, -0.2) is 21.0 Å². The third-order valence-electron chi connectivity index (χ3n) is 2.70. The normalized spacial score (nSPS) is 14.5. The van der Waals surface area contributed by atoms with Crippen LogP contribution in [0, 0.1) is 0 Å². The molecule has 1 saturated carbocycles. The molecular formula is C12H10N2O4S. The van der Waals surface area contributed by atoms with Crippen LogP contribution >= 0.6 is 11.8 Å². The van der Waals surface area contributed by atoms with E-state index in [0.29, 0.717) is 21.9 Å². The highest BCUT2D eigenvalue weighted by Crippen LogP contribution is 2.38. The summed E-state index contributed by atoms with van der Waals surface area (Å²) in [4.78, 5) is 29.3. The van der Waals surface area contributed by atoms with Gasteiger partial charge in [0.2, 0.25) is 5.76 Å². The van der Waals surface area contributed by atoms with E-state index in [9.17, 15) is 9.59 Å².